The summed E-state index contributed by atoms with van der Waals surface area (Å²) in [4.78, 5) is 15.8. The summed E-state index contributed by atoms with van der Waals surface area (Å²) in [6.45, 7) is 2.89. The van der Waals surface area contributed by atoms with E-state index >= 15 is 0 Å². The SMILES string of the molecule is COc1ccc(C(=O)N2CC[NH+](Cc3cccc(C(F)(F)F)c3)CC2)c(OC)c1. The molecule has 1 aliphatic rings. The summed E-state index contributed by atoms with van der Waals surface area (Å²) in [5.74, 6) is 0.935. The molecule has 1 saturated heterocycles. The summed E-state index contributed by atoms with van der Waals surface area (Å²) in [5.41, 5.74) is 0.482. The third kappa shape index (κ3) is 5.00. The van der Waals surface area contributed by atoms with E-state index in [0.29, 0.717) is 55.3 Å². The van der Waals surface area contributed by atoms with Crippen molar-refractivity contribution >= 4 is 5.91 Å². The van der Waals surface area contributed by atoms with Crippen LogP contribution in [0.5, 0.6) is 11.5 Å². The van der Waals surface area contributed by atoms with Gasteiger partial charge in [0.05, 0.1) is 51.5 Å². The third-order valence-corrected chi connectivity index (χ3v) is 5.11. The number of benzene rings is 2. The normalized spacial score (nSPS) is 15.3. The fourth-order valence-corrected chi connectivity index (χ4v) is 3.49. The Kier molecular flexibility index (Phi) is 6.32. The van der Waals surface area contributed by atoms with E-state index in [1.807, 2.05) is 0 Å². The van der Waals surface area contributed by atoms with Crippen molar-refractivity contribution in [3.8, 4) is 11.5 Å². The van der Waals surface area contributed by atoms with Crippen LogP contribution in [-0.4, -0.2) is 51.2 Å². The molecule has 0 saturated carbocycles. The number of piperazine rings is 1. The molecule has 29 heavy (non-hydrogen) atoms. The van der Waals surface area contributed by atoms with Crippen LogP contribution in [-0.2, 0) is 12.7 Å². The quantitative estimate of drug-likeness (QED) is 0.824. The number of hydrogen-bond acceptors (Lipinski definition) is 3. The van der Waals surface area contributed by atoms with E-state index in [0.717, 1.165) is 11.0 Å². The lowest BCUT2D eigenvalue weighted by molar-refractivity contribution is -0.917. The van der Waals surface area contributed by atoms with Crippen molar-refractivity contribution in [2.45, 2.75) is 12.7 Å². The Labute approximate surface area is 167 Å². The molecule has 5 nitrogen and oxygen atoms in total. The van der Waals surface area contributed by atoms with Crippen molar-refractivity contribution < 1.29 is 32.3 Å². The van der Waals surface area contributed by atoms with Gasteiger partial charge in [0.25, 0.3) is 5.91 Å². The minimum Gasteiger partial charge on any atom is -0.497 e. The molecule has 2 aromatic carbocycles. The van der Waals surface area contributed by atoms with E-state index in [9.17, 15) is 18.0 Å². The lowest BCUT2D eigenvalue weighted by Crippen LogP contribution is -3.13. The fraction of sp³-hybridized carbons (Fsp3) is 0.381. The number of alkyl halides is 3. The minimum atomic E-state index is -4.34. The van der Waals surface area contributed by atoms with E-state index in [4.69, 9.17) is 9.47 Å². The molecule has 0 atom stereocenters. The van der Waals surface area contributed by atoms with Crippen LogP contribution in [0.2, 0.25) is 0 Å². The molecule has 1 aliphatic heterocycles. The lowest BCUT2D eigenvalue weighted by Gasteiger charge is -2.32. The molecule has 0 unspecified atom stereocenters. The average molecular weight is 409 g/mol. The Bertz CT molecular complexity index is 862. The van der Waals surface area contributed by atoms with Gasteiger partial charge in [0, 0.05) is 11.6 Å². The highest BCUT2D eigenvalue weighted by molar-refractivity contribution is 5.97. The zero-order valence-corrected chi connectivity index (χ0v) is 16.4. The van der Waals surface area contributed by atoms with Gasteiger partial charge in [-0.2, -0.15) is 13.2 Å². The van der Waals surface area contributed by atoms with Crippen molar-refractivity contribution in [3.63, 3.8) is 0 Å². The van der Waals surface area contributed by atoms with Gasteiger partial charge in [0.2, 0.25) is 0 Å². The molecule has 0 spiro atoms. The lowest BCUT2D eigenvalue weighted by atomic mass is 10.1. The largest absolute Gasteiger partial charge is 0.497 e. The first-order chi connectivity index (χ1) is 13.8. The smallest absolute Gasteiger partial charge is 0.416 e. The summed E-state index contributed by atoms with van der Waals surface area (Å²) < 4.78 is 49.1. The number of carbonyl (C=O) groups excluding carboxylic acids is 1. The Morgan fingerprint density at radius 2 is 1.79 bits per heavy atom. The number of nitrogens with zero attached hydrogens (tertiary/aromatic N) is 1. The van der Waals surface area contributed by atoms with Crippen molar-refractivity contribution in [2.75, 3.05) is 40.4 Å². The van der Waals surface area contributed by atoms with Gasteiger partial charge in [0.15, 0.2) is 0 Å². The van der Waals surface area contributed by atoms with E-state index in [2.05, 4.69) is 0 Å². The average Bonchev–Trinajstić information content (AvgIpc) is 2.73. The number of nitrogens with one attached hydrogen (secondary N) is 1. The van der Waals surface area contributed by atoms with Crippen molar-refractivity contribution in [2.24, 2.45) is 0 Å². The number of hydrogen-bond donors (Lipinski definition) is 1. The van der Waals surface area contributed by atoms with Crippen LogP contribution < -0.4 is 14.4 Å². The molecule has 1 amide bonds. The summed E-state index contributed by atoms with van der Waals surface area (Å²) in [7, 11) is 3.05. The van der Waals surface area contributed by atoms with Crippen LogP contribution in [0.4, 0.5) is 13.2 Å². The first-order valence-corrected chi connectivity index (χ1v) is 9.33. The van der Waals surface area contributed by atoms with E-state index < -0.39 is 11.7 Å². The van der Waals surface area contributed by atoms with Gasteiger partial charge in [0.1, 0.15) is 18.0 Å². The van der Waals surface area contributed by atoms with Gasteiger partial charge < -0.3 is 19.3 Å². The second kappa shape index (κ2) is 8.73. The molecule has 1 fully saturated rings. The van der Waals surface area contributed by atoms with Crippen LogP contribution >= 0.6 is 0 Å². The Morgan fingerprint density at radius 1 is 1.07 bits per heavy atom. The highest BCUT2D eigenvalue weighted by Crippen LogP contribution is 2.29. The number of carbonyl (C=O) groups is 1. The molecular weight excluding hydrogens is 385 g/mol. The summed E-state index contributed by atoms with van der Waals surface area (Å²) in [5, 5.41) is 0. The number of rotatable bonds is 5. The van der Waals surface area contributed by atoms with E-state index in [-0.39, 0.29) is 5.91 Å². The molecule has 8 heteroatoms. The number of methoxy groups -OCH3 is 2. The highest BCUT2D eigenvalue weighted by atomic mass is 19.4. The zero-order valence-electron chi connectivity index (χ0n) is 16.4. The minimum absolute atomic E-state index is 0.123. The second-order valence-electron chi connectivity index (χ2n) is 6.98. The predicted octanol–water partition coefficient (Wildman–Crippen LogP) is 2.26. The van der Waals surface area contributed by atoms with Crippen LogP contribution in [0.1, 0.15) is 21.5 Å². The van der Waals surface area contributed by atoms with Gasteiger partial charge in [-0.05, 0) is 24.3 Å². The first-order valence-electron chi connectivity index (χ1n) is 9.33. The Balaban J connectivity index is 1.62. The zero-order chi connectivity index (χ0) is 21.0. The standard InChI is InChI=1S/C21H23F3N2O3/c1-28-17-6-7-18(19(13-17)29-2)20(27)26-10-8-25(9-11-26)14-15-4-3-5-16(12-15)21(22,23)24/h3-7,12-13H,8-11,14H2,1-2H3/p+1. The third-order valence-electron chi connectivity index (χ3n) is 5.11. The molecule has 156 valence electrons. The Hall–Kier alpha value is -2.74. The first kappa shape index (κ1) is 21.0. The topological polar surface area (TPSA) is 43.2 Å². The van der Waals surface area contributed by atoms with E-state index in [1.54, 1.807) is 36.3 Å². The van der Waals surface area contributed by atoms with Crippen LogP contribution in [0.3, 0.4) is 0 Å². The highest BCUT2D eigenvalue weighted by Gasteiger charge is 2.31. The number of quaternary nitrogens is 1. The Morgan fingerprint density at radius 3 is 2.41 bits per heavy atom. The molecule has 0 aliphatic carbocycles. The fourth-order valence-electron chi connectivity index (χ4n) is 3.49. The van der Waals surface area contributed by atoms with Gasteiger partial charge in [-0.3, -0.25) is 4.79 Å². The van der Waals surface area contributed by atoms with Crippen molar-refractivity contribution in [1.82, 2.24) is 4.90 Å². The maximum atomic E-state index is 12.9. The number of halogens is 3. The number of ether oxygens (including phenoxy) is 2. The van der Waals surface area contributed by atoms with Crippen LogP contribution in [0, 0.1) is 0 Å². The molecule has 1 N–H and O–H groups in total. The van der Waals surface area contributed by atoms with Crippen molar-refractivity contribution in [3.05, 3.63) is 59.2 Å². The molecule has 3 rings (SSSR count). The monoisotopic (exact) mass is 409 g/mol. The molecule has 1 heterocycles. The molecule has 0 bridgehead atoms. The number of amides is 1. The summed E-state index contributed by atoms with van der Waals surface area (Å²) in [6, 6.07) is 10.5. The molecular formula is C21H24F3N2O3+. The van der Waals surface area contributed by atoms with Gasteiger partial charge in [-0.1, -0.05) is 12.1 Å². The summed E-state index contributed by atoms with van der Waals surface area (Å²) >= 11 is 0. The maximum Gasteiger partial charge on any atom is 0.416 e. The molecule has 0 aromatic heterocycles. The van der Waals surface area contributed by atoms with Gasteiger partial charge in [-0.25, -0.2) is 0 Å². The van der Waals surface area contributed by atoms with E-state index in [1.165, 1.54) is 19.2 Å². The van der Waals surface area contributed by atoms with Gasteiger partial charge >= 0.3 is 6.18 Å². The van der Waals surface area contributed by atoms with Crippen LogP contribution in [0.25, 0.3) is 0 Å². The predicted molar refractivity (Wildman–Crippen MR) is 101 cm³/mol. The molecule has 0 radical (unpaired) electrons. The second-order valence-corrected chi connectivity index (χ2v) is 6.98. The van der Waals surface area contributed by atoms with Crippen molar-refractivity contribution in [1.29, 1.82) is 0 Å². The maximum absolute atomic E-state index is 12.9. The summed E-state index contributed by atoms with van der Waals surface area (Å²) in [6.07, 6.45) is -4.34. The van der Waals surface area contributed by atoms with Crippen LogP contribution in [0.15, 0.2) is 42.5 Å². The molecule has 2 aromatic rings. The van der Waals surface area contributed by atoms with Gasteiger partial charge in [-0.15, -0.1) is 0 Å².